The highest BCUT2D eigenvalue weighted by Crippen LogP contribution is 2.48. The topological polar surface area (TPSA) is 66.4 Å². The molecule has 2 atom stereocenters. The Morgan fingerprint density at radius 2 is 2.08 bits per heavy atom. The fraction of sp³-hybridized carbons (Fsp3) is 0.778. The van der Waals surface area contributed by atoms with Gasteiger partial charge < -0.3 is 10.4 Å². The number of amides is 1. The molecule has 4 heteroatoms. The Hall–Kier alpha value is -1.06. The van der Waals surface area contributed by atoms with Gasteiger partial charge in [0.25, 0.3) is 0 Å². The third kappa shape index (κ3) is 1.66. The van der Waals surface area contributed by atoms with E-state index in [0.29, 0.717) is 12.3 Å². The van der Waals surface area contributed by atoms with Gasteiger partial charge in [-0.05, 0) is 18.3 Å². The van der Waals surface area contributed by atoms with Crippen LogP contribution in [0.4, 0.5) is 0 Å². The first-order valence-electron chi connectivity index (χ1n) is 4.42. The zero-order valence-electron chi connectivity index (χ0n) is 8.13. The third-order valence-electron chi connectivity index (χ3n) is 2.60. The second-order valence-corrected chi connectivity index (χ2v) is 4.01. The van der Waals surface area contributed by atoms with Gasteiger partial charge in [0.1, 0.15) is 5.54 Å². The zero-order valence-corrected chi connectivity index (χ0v) is 8.13. The molecule has 0 aromatic rings. The number of carbonyl (C=O) groups excluding carboxylic acids is 1. The Balaban J connectivity index is 2.71. The standard InChI is InChI=1S/C9H15NO3/c1-5(2)7-4-9(7,8(12)13)10-6(3)11/h5,7H,4H2,1-3H3,(H,10,11)(H,12,13)/t7-,9+/m0/s1. The van der Waals surface area contributed by atoms with Crippen LogP contribution < -0.4 is 5.32 Å². The van der Waals surface area contributed by atoms with Crippen molar-refractivity contribution in [2.45, 2.75) is 32.7 Å². The second kappa shape index (κ2) is 3.01. The van der Waals surface area contributed by atoms with Crippen LogP contribution >= 0.6 is 0 Å². The van der Waals surface area contributed by atoms with Crippen molar-refractivity contribution in [3.05, 3.63) is 0 Å². The van der Waals surface area contributed by atoms with Crippen LogP contribution in [-0.2, 0) is 9.59 Å². The van der Waals surface area contributed by atoms with Crippen molar-refractivity contribution in [2.24, 2.45) is 11.8 Å². The van der Waals surface area contributed by atoms with E-state index in [4.69, 9.17) is 5.11 Å². The van der Waals surface area contributed by atoms with Crippen LogP contribution in [0.3, 0.4) is 0 Å². The van der Waals surface area contributed by atoms with Crippen LogP contribution in [-0.4, -0.2) is 22.5 Å². The van der Waals surface area contributed by atoms with E-state index < -0.39 is 11.5 Å². The highest BCUT2D eigenvalue weighted by molar-refractivity contribution is 5.89. The molecule has 0 heterocycles. The lowest BCUT2D eigenvalue weighted by Crippen LogP contribution is -2.44. The molecule has 0 radical (unpaired) electrons. The van der Waals surface area contributed by atoms with Gasteiger partial charge in [-0.3, -0.25) is 4.79 Å². The molecule has 0 aliphatic heterocycles. The molecule has 74 valence electrons. The Morgan fingerprint density at radius 3 is 2.31 bits per heavy atom. The summed E-state index contributed by atoms with van der Waals surface area (Å²) in [5, 5.41) is 11.5. The first-order valence-corrected chi connectivity index (χ1v) is 4.42. The van der Waals surface area contributed by atoms with Crippen LogP contribution in [0.25, 0.3) is 0 Å². The number of hydrogen-bond acceptors (Lipinski definition) is 2. The molecule has 1 saturated carbocycles. The number of aliphatic carboxylic acids is 1. The fourth-order valence-electron chi connectivity index (χ4n) is 1.85. The van der Waals surface area contributed by atoms with Gasteiger partial charge in [-0.1, -0.05) is 13.8 Å². The monoisotopic (exact) mass is 185 g/mol. The smallest absolute Gasteiger partial charge is 0.329 e. The lowest BCUT2D eigenvalue weighted by atomic mass is 10.0. The van der Waals surface area contributed by atoms with Crippen LogP contribution in [0.2, 0.25) is 0 Å². The lowest BCUT2D eigenvalue weighted by molar-refractivity contribution is -0.143. The second-order valence-electron chi connectivity index (χ2n) is 4.01. The number of rotatable bonds is 3. The van der Waals surface area contributed by atoms with Gasteiger partial charge in [-0.2, -0.15) is 0 Å². The van der Waals surface area contributed by atoms with Crippen LogP contribution in [0.5, 0.6) is 0 Å². The molecular formula is C9H15NO3. The first-order chi connectivity index (χ1) is 5.90. The van der Waals surface area contributed by atoms with Gasteiger partial charge in [0.2, 0.25) is 5.91 Å². The summed E-state index contributed by atoms with van der Waals surface area (Å²) >= 11 is 0. The van der Waals surface area contributed by atoms with E-state index in [2.05, 4.69) is 5.32 Å². The molecular weight excluding hydrogens is 170 g/mol. The van der Waals surface area contributed by atoms with Crippen molar-refractivity contribution < 1.29 is 14.7 Å². The van der Waals surface area contributed by atoms with Gasteiger partial charge in [0.05, 0.1) is 0 Å². The molecule has 0 bridgehead atoms. The van der Waals surface area contributed by atoms with Gasteiger partial charge in [0, 0.05) is 6.92 Å². The third-order valence-corrected chi connectivity index (χ3v) is 2.60. The largest absolute Gasteiger partial charge is 0.479 e. The molecule has 0 spiro atoms. The van der Waals surface area contributed by atoms with Crippen LogP contribution in [0.1, 0.15) is 27.2 Å². The lowest BCUT2D eigenvalue weighted by Gasteiger charge is -2.14. The number of hydrogen-bond donors (Lipinski definition) is 2. The highest BCUT2D eigenvalue weighted by atomic mass is 16.4. The quantitative estimate of drug-likeness (QED) is 0.677. The van der Waals surface area contributed by atoms with E-state index in [9.17, 15) is 9.59 Å². The maximum absolute atomic E-state index is 10.9. The Bertz CT molecular complexity index is 249. The molecule has 4 nitrogen and oxygen atoms in total. The summed E-state index contributed by atoms with van der Waals surface area (Å²) in [6, 6.07) is 0. The minimum absolute atomic E-state index is 0.0777. The molecule has 13 heavy (non-hydrogen) atoms. The summed E-state index contributed by atoms with van der Waals surface area (Å²) in [5.41, 5.74) is -0.972. The molecule has 0 unspecified atom stereocenters. The first kappa shape index (κ1) is 10.0. The molecule has 0 aromatic heterocycles. The van der Waals surface area contributed by atoms with Crippen LogP contribution in [0, 0.1) is 11.8 Å². The van der Waals surface area contributed by atoms with E-state index in [1.165, 1.54) is 6.92 Å². The van der Waals surface area contributed by atoms with Gasteiger partial charge in [-0.25, -0.2) is 4.79 Å². The van der Waals surface area contributed by atoms with E-state index in [-0.39, 0.29) is 11.8 Å². The fourth-order valence-corrected chi connectivity index (χ4v) is 1.85. The van der Waals surface area contributed by atoms with Crippen molar-refractivity contribution in [1.29, 1.82) is 0 Å². The predicted molar refractivity (Wildman–Crippen MR) is 47.1 cm³/mol. The molecule has 0 saturated heterocycles. The van der Waals surface area contributed by atoms with E-state index in [1.807, 2.05) is 13.8 Å². The normalized spacial score (nSPS) is 31.5. The predicted octanol–water partition coefficient (Wildman–Crippen LogP) is 0.622. The van der Waals surface area contributed by atoms with E-state index in [1.54, 1.807) is 0 Å². The summed E-state index contributed by atoms with van der Waals surface area (Å²) in [6.07, 6.45) is 0.555. The molecule has 1 amide bonds. The molecule has 2 N–H and O–H groups in total. The minimum Gasteiger partial charge on any atom is -0.479 e. The number of carboxylic acid groups (broad SMARTS) is 1. The maximum Gasteiger partial charge on any atom is 0.329 e. The van der Waals surface area contributed by atoms with E-state index in [0.717, 1.165) is 0 Å². The minimum atomic E-state index is -0.972. The number of carboxylic acids is 1. The number of nitrogens with one attached hydrogen (secondary N) is 1. The van der Waals surface area contributed by atoms with Crippen LogP contribution in [0.15, 0.2) is 0 Å². The Morgan fingerprint density at radius 1 is 1.54 bits per heavy atom. The van der Waals surface area contributed by atoms with Crippen molar-refractivity contribution in [3.8, 4) is 0 Å². The van der Waals surface area contributed by atoms with Crippen molar-refractivity contribution in [3.63, 3.8) is 0 Å². The molecule has 1 fully saturated rings. The molecule has 1 aliphatic carbocycles. The number of carbonyl (C=O) groups is 2. The summed E-state index contributed by atoms with van der Waals surface area (Å²) < 4.78 is 0. The van der Waals surface area contributed by atoms with E-state index >= 15 is 0 Å². The molecule has 1 aliphatic rings. The maximum atomic E-state index is 10.9. The molecule has 1 rings (SSSR count). The molecule has 0 aromatic carbocycles. The SMILES string of the molecule is CC(=O)N[C@]1(C(=O)O)C[C@H]1C(C)C. The summed E-state index contributed by atoms with van der Waals surface area (Å²) in [7, 11) is 0. The zero-order chi connectivity index (χ0) is 10.2. The van der Waals surface area contributed by atoms with Crippen molar-refractivity contribution in [1.82, 2.24) is 5.32 Å². The summed E-state index contributed by atoms with van der Waals surface area (Å²) in [4.78, 5) is 21.7. The summed E-state index contributed by atoms with van der Waals surface area (Å²) in [6.45, 7) is 5.29. The average molecular weight is 185 g/mol. The van der Waals surface area contributed by atoms with Gasteiger partial charge in [0.15, 0.2) is 0 Å². The van der Waals surface area contributed by atoms with Gasteiger partial charge in [-0.15, -0.1) is 0 Å². The van der Waals surface area contributed by atoms with Crippen molar-refractivity contribution >= 4 is 11.9 Å². The summed E-state index contributed by atoms with van der Waals surface area (Å²) in [5.74, 6) is -0.816. The van der Waals surface area contributed by atoms with Crippen molar-refractivity contribution in [2.75, 3.05) is 0 Å². The average Bonchev–Trinajstić information content (AvgIpc) is 2.62. The van der Waals surface area contributed by atoms with Gasteiger partial charge >= 0.3 is 5.97 Å². The Labute approximate surface area is 77.3 Å². The highest BCUT2D eigenvalue weighted by Gasteiger charge is 2.62. The Kier molecular flexibility index (Phi) is 2.32.